The second kappa shape index (κ2) is 61.1. The summed E-state index contributed by atoms with van der Waals surface area (Å²) in [5.41, 5.74) is 30.3. The topological polar surface area (TPSA) is 81.3 Å². The maximum Gasteiger partial charge on any atom is 0.0594 e. The van der Waals surface area contributed by atoms with Crippen molar-refractivity contribution in [2.24, 2.45) is 0 Å². The average Bonchev–Trinajstić information content (AvgIpc) is 1.57. The third kappa shape index (κ3) is 37.2. The number of hydrogen-bond acceptors (Lipinski definition) is 14. The normalized spacial score (nSPS) is 18.4. The molecule has 0 radical (unpaired) electrons. The number of anilines is 4. The summed E-state index contributed by atoms with van der Waals surface area (Å²) in [6.45, 7) is 79.6. The second-order valence-corrected chi connectivity index (χ2v) is 58.6. The molecule has 6 aliphatic heterocycles. The fraction of sp³-hybridized carbons (Fsp3) is 0.630. The van der Waals surface area contributed by atoms with Gasteiger partial charge < -0.3 is 43.3 Å². The molecule has 6 saturated heterocycles. The minimum absolute atomic E-state index is 0.0465. The molecule has 9 aliphatic rings. The third-order valence-corrected chi connectivity index (χ3v) is 36.8. The van der Waals surface area contributed by atoms with Crippen LogP contribution in [-0.2, 0) is 72.2 Å². The first kappa shape index (κ1) is 118. The minimum Gasteiger partial charge on any atom is -0.502 e. The van der Waals surface area contributed by atoms with E-state index in [-0.39, 0.29) is 20.1 Å². The van der Waals surface area contributed by atoms with E-state index in [2.05, 4.69) is 224 Å². The Kier molecular flexibility index (Phi) is 51.4. The number of benzene rings is 6. The summed E-state index contributed by atoms with van der Waals surface area (Å²) in [4.78, 5) is 20.4. The molecule has 21 heteroatoms. The molecule has 0 amide bonds. The van der Waals surface area contributed by atoms with Crippen LogP contribution < -0.4 is 29.1 Å². The van der Waals surface area contributed by atoms with Gasteiger partial charge in [-0.25, -0.2) is 0 Å². The van der Waals surface area contributed by atoms with Crippen molar-refractivity contribution < 1.29 is 55.5 Å². The van der Waals surface area contributed by atoms with Crippen LogP contribution in [-0.4, -0.2) is 189 Å². The Hall–Kier alpha value is -4.14. The molecule has 9 fully saturated rings. The molecule has 6 heterocycles. The summed E-state index contributed by atoms with van der Waals surface area (Å²) in [7, 11) is 22.7. The maximum absolute atomic E-state index is 5.82. The number of morpholine rings is 4. The Balaban J connectivity index is 0.000000191. The quantitative estimate of drug-likeness (QED) is 0.0244. The van der Waals surface area contributed by atoms with Crippen molar-refractivity contribution in [3.05, 3.63) is 206 Å². The summed E-state index contributed by atoms with van der Waals surface area (Å²) in [6, 6.07) is 35.8. The van der Waals surface area contributed by atoms with Gasteiger partial charge in [-0.2, -0.15) is 13.3 Å². The van der Waals surface area contributed by atoms with Gasteiger partial charge in [-0.05, 0) is 218 Å². The Morgan fingerprint density at radius 3 is 0.807 bits per heavy atom. The van der Waals surface area contributed by atoms with Crippen molar-refractivity contribution >= 4 is 84.7 Å². The number of para-hydroxylation sites is 2. The summed E-state index contributed by atoms with van der Waals surface area (Å²) >= 11 is -3.29. The molecule has 6 aromatic rings. The second-order valence-electron chi connectivity index (χ2n) is 43.6. The molecule has 0 bridgehead atoms. The predicted octanol–water partition coefficient (Wildman–Crippen LogP) is 30.5. The molecule has 0 aromatic heterocycles. The molecule has 140 heavy (non-hydrogen) atoms. The van der Waals surface area contributed by atoms with Crippen LogP contribution in [0.2, 0.25) is 0 Å². The van der Waals surface area contributed by atoms with Crippen molar-refractivity contribution in [3.8, 4) is 11.5 Å². The number of hydrogen-bond donors (Lipinski definition) is 0. The first-order valence-corrected chi connectivity index (χ1v) is 66.8. The molecule has 15 rings (SSSR count). The Morgan fingerprint density at radius 2 is 0.593 bits per heavy atom. The van der Waals surface area contributed by atoms with Crippen molar-refractivity contribution in [3.63, 3.8) is 0 Å². The third-order valence-electron chi connectivity index (χ3n) is 28.6. The number of ether oxygens (including phenoxy) is 6. The van der Waals surface area contributed by atoms with Gasteiger partial charge in [0.1, 0.15) is 5.75 Å². The van der Waals surface area contributed by atoms with Gasteiger partial charge >= 0.3 is 161 Å². The van der Waals surface area contributed by atoms with Crippen LogP contribution in [0.3, 0.4) is 0 Å². The van der Waals surface area contributed by atoms with E-state index in [0.717, 1.165) is 180 Å². The van der Waals surface area contributed by atoms with E-state index in [9.17, 15) is 0 Å². The van der Waals surface area contributed by atoms with Gasteiger partial charge in [-0.1, -0.05) is 209 Å². The smallest absolute Gasteiger partial charge is 0.0594 e. The molecule has 3 saturated carbocycles. The number of nitrogens with zero attached hydrogens (tertiary/aromatic N) is 8. The predicted molar refractivity (Wildman–Crippen MR) is 603 cm³/mol. The van der Waals surface area contributed by atoms with Crippen LogP contribution in [0.25, 0.3) is 6.08 Å². The van der Waals surface area contributed by atoms with E-state index in [1.165, 1.54) is 112 Å². The molecule has 0 spiro atoms. The molecule has 0 atom stereocenters. The fourth-order valence-corrected chi connectivity index (χ4v) is 29.9. The van der Waals surface area contributed by atoms with Gasteiger partial charge in [0, 0.05) is 141 Å². The van der Waals surface area contributed by atoms with Crippen LogP contribution in [0.4, 0.5) is 22.7 Å². The number of allylic oxidation sites excluding steroid dienone is 3. The van der Waals surface area contributed by atoms with E-state index in [0.29, 0.717) is 47.3 Å². The maximum atomic E-state index is 5.82. The fourth-order valence-electron chi connectivity index (χ4n) is 21.6. The molecule has 14 nitrogen and oxygen atoms in total. The zero-order chi connectivity index (χ0) is 101. The van der Waals surface area contributed by atoms with Gasteiger partial charge in [0.05, 0.1) is 75.9 Å². The van der Waals surface area contributed by atoms with E-state index in [1.807, 2.05) is 112 Å². The molecule has 3 aliphatic carbocycles. The summed E-state index contributed by atoms with van der Waals surface area (Å²) in [5.74, 6) is 5.44. The van der Waals surface area contributed by atoms with Crippen molar-refractivity contribution in [2.75, 3.05) is 151 Å². The standard InChI is InChI=1S/2C37H57N4O2.C18H33P.C12H16O.C10H12O.C5H8.4ClH.2Ru/c2*1-26(2)32-19-30(23-38-11-15-42-16-12-38)20-33(27(3)4)36(32)40-9-10-41(25-40)37-34(28(5)6)21-31(22-35(37)29(7)8)24-39-13-17-43-18-14-39;1-4-10-16(11-5-1)19(17-12-6-2-7-13-17)18-14-8-3-9-15-18;1-4-7-11-8-5-6-9-12(11)13-10(2)3;1-8(2)11-10-7-5-4-6-9(10)3;1-4-5(2)3;;;;;;/h2*19-22,25-29H,9-18,23-24H2,1-8H3;16-18H,1-15H2;4-10H,1-3H3;3-8H,1-2H3;1,4H,2-3H3;4*1H;;/q2*-1;;;;;;;;;2*+2/p-3/b;;;7-4+;;;;;;;;. The first-order valence-electron chi connectivity index (χ1n) is 54.1. The van der Waals surface area contributed by atoms with Crippen molar-refractivity contribution in [2.45, 2.75) is 358 Å². The zero-order valence-corrected chi connectivity index (χ0v) is 98.1. The summed E-state index contributed by atoms with van der Waals surface area (Å²) in [5, 5.41) is 0. The summed E-state index contributed by atoms with van der Waals surface area (Å²) in [6.07, 6.45) is 30.2. The van der Waals surface area contributed by atoms with Crippen LogP contribution in [0.1, 0.15) is 381 Å². The van der Waals surface area contributed by atoms with Crippen LogP contribution in [0, 0.1) is 13.3 Å². The zero-order valence-electron chi connectivity index (χ0n) is 90.6. The van der Waals surface area contributed by atoms with Gasteiger partial charge in [0.2, 0.25) is 0 Å². The molecule has 0 N–H and O–H groups in total. The van der Waals surface area contributed by atoms with Crippen molar-refractivity contribution in [1.82, 2.24) is 19.6 Å². The van der Waals surface area contributed by atoms with E-state index in [4.69, 9.17) is 67.2 Å². The minimum atomic E-state index is -1.77. The van der Waals surface area contributed by atoms with Crippen molar-refractivity contribution in [1.29, 1.82) is 0 Å². The monoisotopic (exact) mass is 2200 g/mol. The Labute approximate surface area is 879 Å². The molecular weight excluding hydrogens is 2010 g/mol. The van der Waals surface area contributed by atoms with E-state index in [1.54, 1.807) is 96.3 Å². The molecular formula is C119H184Cl4N8O6PRu2-. The van der Waals surface area contributed by atoms with Crippen LogP contribution in [0.5, 0.6) is 11.5 Å². The number of halogens is 4. The van der Waals surface area contributed by atoms with Gasteiger partial charge in [-0.3, -0.25) is 19.6 Å². The average molecular weight is 2200 g/mol. The Morgan fingerprint density at radius 1 is 0.350 bits per heavy atom. The largest absolute Gasteiger partial charge is 0.502 e. The van der Waals surface area contributed by atoms with Crippen LogP contribution in [0.15, 0.2) is 115 Å². The van der Waals surface area contributed by atoms with Gasteiger partial charge in [-0.15, -0.1) is 0 Å². The van der Waals surface area contributed by atoms with Gasteiger partial charge in [0.25, 0.3) is 0 Å². The SMILES string of the molecule is C/C=C/c1ccccc1OC(C)C.C1CCC([PH+](C2CCCCC2)C2CCCCC2)CC1.CC(C)=C[CH]=[Ru]([Cl])[Cl].CC(C)Oc1ccccc1[CH]=[Ru]([Cl])[Cl].CC(C)c1cc(CN2CCOCC2)cc(C(C)C)c1N1[CH-]N(c2c(C(C)C)cc(CN3CCOCC3)cc2C(C)C)CC1.CC(C)c1cc(CN2CCOCC2)cc(C(C)C)c1N1[CH-]N(c2c(C(C)C)cc(CN3CCOCC3)cc2C(C)C)CC1. The van der Waals surface area contributed by atoms with E-state index >= 15 is 0 Å². The Bertz CT molecular complexity index is 4240. The molecule has 786 valence electrons. The van der Waals surface area contributed by atoms with E-state index < -0.39 is 27.0 Å². The molecule has 6 aromatic carbocycles. The van der Waals surface area contributed by atoms with Crippen LogP contribution >= 0.6 is 46.7 Å². The first-order chi connectivity index (χ1) is 67.1. The molecule has 0 unspecified atom stereocenters. The number of rotatable bonds is 30. The van der Waals surface area contributed by atoms with Gasteiger partial charge in [0.15, 0.2) is 0 Å². The summed E-state index contributed by atoms with van der Waals surface area (Å²) < 4.78 is 37.5.